The van der Waals surface area contributed by atoms with Crippen LogP contribution in [0.5, 0.6) is 0 Å². The van der Waals surface area contributed by atoms with Crippen LogP contribution >= 0.6 is 0 Å². The largest absolute Gasteiger partial charge is 0.481 e. The Kier molecular flexibility index (Phi) is 15.9. The Morgan fingerprint density at radius 3 is 1.44 bits per heavy atom. The van der Waals surface area contributed by atoms with E-state index in [1.54, 1.807) is 0 Å². The van der Waals surface area contributed by atoms with Gasteiger partial charge in [-0.3, -0.25) is 4.79 Å². The molecular weight excluding hydrogens is 336 g/mol. The highest BCUT2D eigenvalue weighted by Crippen LogP contribution is 2.14. The third-order valence-electron chi connectivity index (χ3n) is 5.37. The Labute approximate surface area is 166 Å². The van der Waals surface area contributed by atoms with E-state index in [0.717, 1.165) is 19.4 Å². The maximum Gasteiger partial charge on any atom is 0.303 e. The molecule has 0 bridgehead atoms. The second-order valence-corrected chi connectivity index (χ2v) is 7.95. The lowest BCUT2D eigenvalue weighted by Crippen LogP contribution is -1.93. The quantitative estimate of drug-likeness (QED) is 0.249. The lowest BCUT2D eigenvalue weighted by molar-refractivity contribution is -0.137. The predicted octanol–water partition coefficient (Wildman–Crippen LogP) is 6.99. The third-order valence-corrected chi connectivity index (χ3v) is 5.37. The summed E-state index contributed by atoms with van der Waals surface area (Å²) in [4.78, 5) is 14.5. The fourth-order valence-corrected chi connectivity index (χ4v) is 3.64. The van der Waals surface area contributed by atoms with Crippen molar-refractivity contribution >= 4 is 5.97 Å². The molecule has 0 aliphatic rings. The molecule has 4 nitrogen and oxygen atoms in total. The number of imidazole rings is 1. The lowest BCUT2D eigenvalue weighted by atomic mass is 10.0. The van der Waals surface area contributed by atoms with Gasteiger partial charge in [0.05, 0.1) is 6.33 Å². The van der Waals surface area contributed by atoms with E-state index < -0.39 is 5.97 Å². The van der Waals surface area contributed by atoms with Gasteiger partial charge in [-0.1, -0.05) is 96.3 Å². The molecule has 0 radical (unpaired) electrons. The van der Waals surface area contributed by atoms with Gasteiger partial charge in [-0.25, -0.2) is 4.98 Å². The van der Waals surface area contributed by atoms with Gasteiger partial charge in [-0.15, -0.1) is 0 Å². The van der Waals surface area contributed by atoms with Crippen LogP contribution in [0, 0.1) is 0 Å². The number of rotatable bonds is 20. The number of carboxylic acid groups (broad SMARTS) is 1. The molecule has 1 heterocycles. The molecule has 156 valence electrons. The van der Waals surface area contributed by atoms with Crippen LogP contribution in [0.1, 0.15) is 116 Å². The molecule has 1 N–H and O–H groups in total. The second-order valence-electron chi connectivity index (χ2n) is 7.95. The van der Waals surface area contributed by atoms with Crippen molar-refractivity contribution in [1.82, 2.24) is 9.55 Å². The average Bonchev–Trinajstić information content (AvgIpc) is 3.17. The average molecular weight is 379 g/mol. The Morgan fingerprint density at radius 2 is 1.07 bits per heavy atom. The molecule has 27 heavy (non-hydrogen) atoms. The molecule has 1 aromatic heterocycles. The Hall–Kier alpha value is -1.32. The van der Waals surface area contributed by atoms with Crippen molar-refractivity contribution < 1.29 is 9.90 Å². The predicted molar refractivity (Wildman–Crippen MR) is 113 cm³/mol. The first kappa shape index (κ1) is 23.7. The van der Waals surface area contributed by atoms with Gasteiger partial charge in [0, 0.05) is 25.4 Å². The Bertz CT molecular complexity index is 432. The van der Waals surface area contributed by atoms with Gasteiger partial charge >= 0.3 is 5.97 Å². The number of nitrogens with zero attached hydrogens (tertiary/aromatic N) is 2. The van der Waals surface area contributed by atoms with Crippen molar-refractivity contribution in [2.75, 3.05) is 0 Å². The number of aryl methyl sites for hydroxylation is 1. The zero-order chi connectivity index (χ0) is 19.4. The third kappa shape index (κ3) is 16.6. The van der Waals surface area contributed by atoms with Gasteiger partial charge in [-0.2, -0.15) is 0 Å². The molecule has 1 aromatic rings. The molecule has 0 aliphatic heterocycles. The highest BCUT2D eigenvalue weighted by atomic mass is 16.4. The monoisotopic (exact) mass is 378 g/mol. The molecule has 0 fully saturated rings. The number of unbranched alkanes of at least 4 members (excludes halogenated alkanes) is 16. The number of aliphatic carboxylic acids is 1. The molecule has 1 rings (SSSR count). The maximum absolute atomic E-state index is 10.4. The van der Waals surface area contributed by atoms with Crippen molar-refractivity contribution in [1.29, 1.82) is 0 Å². The first-order valence-corrected chi connectivity index (χ1v) is 11.5. The number of aromatic nitrogens is 2. The van der Waals surface area contributed by atoms with Crippen LogP contribution in [0.2, 0.25) is 0 Å². The summed E-state index contributed by atoms with van der Waals surface area (Å²) in [5.41, 5.74) is 0. The Balaban J connectivity index is 1.66. The zero-order valence-electron chi connectivity index (χ0n) is 17.4. The molecule has 4 heteroatoms. The van der Waals surface area contributed by atoms with Gasteiger partial charge in [0.25, 0.3) is 0 Å². The summed E-state index contributed by atoms with van der Waals surface area (Å²) in [5.74, 6) is -0.656. The van der Waals surface area contributed by atoms with Crippen LogP contribution in [-0.4, -0.2) is 20.6 Å². The van der Waals surface area contributed by atoms with Crippen LogP contribution in [0.4, 0.5) is 0 Å². The molecule has 0 spiro atoms. The summed E-state index contributed by atoms with van der Waals surface area (Å²) in [7, 11) is 0. The van der Waals surface area contributed by atoms with Gasteiger partial charge in [-0.05, 0) is 12.8 Å². The van der Waals surface area contributed by atoms with Crippen LogP contribution < -0.4 is 0 Å². The number of hydrogen-bond donors (Lipinski definition) is 1. The van der Waals surface area contributed by atoms with Crippen LogP contribution in [0.25, 0.3) is 0 Å². The van der Waals surface area contributed by atoms with E-state index >= 15 is 0 Å². The maximum atomic E-state index is 10.4. The van der Waals surface area contributed by atoms with Gasteiger partial charge < -0.3 is 9.67 Å². The molecule has 0 atom stereocenters. The minimum atomic E-state index is -0.656. The molecule has 0 amide bonds. The molecule has 0 saturated heterocycles. The molecule has 0 saturated carbocycles. The van der Waals surface area contributed by atoms with E-state index in [4.69, 9.17) is 5.11 Å². The number of carbonyl (C=O) groups is 1. The summed E-state index contributed by atoms with van der Waals surface area (Å²) in [6.45, 7) is 1.12. The van der Waals surface area contributed by atoms with Gasteiger partial charge in [0.1, 0.15) is 0 Å². The minimum Gasteiger partial charge on any atom is -0.481 e. The minimum absolute atomic E-state index is 0.340. The van der Waals surface area contributed by atoms with Crippen LogP contribution in [-0.2, 0) is 11.3 Å². The Morgan fingerprint density at radius 1 is 0.667 bits per heavy atom. The highest BCUT2D eigenvalue weighted by Gasteiger charge is 1.97. The fraction of sp³-hybridized carbons (Fsp3) is 0.826. The van der Waals surface area contributed by atoms with E-state index in [1.807, 2.05) is 18.7 Å². The first-order valence-electron chi connectivity index (χ1n) is 11.5. The lowest BCUT2D eigenvalue weighted by Gasteiger charge is -2.04. The normalized spacial score (nSPS) is 11.1. The van der Waals surface area contributed by atoms with Crippen molar-refractivity contribution in [2.45, 2.75) is 122 Å². The second kappa shape index (κ2) is 18.1. The standard InChI is InChI=1S/C23H42N2O2/c26-23(27)18-16-14-12-10-8-6-4-2-1-3-5-7-9-11-13-15-17-20-25-21-19-24-22-25/h19,21-22H,1-18,20H2,(H,26,27). The molecule has 0 aliphatic carbocycles. The van der Waals surface area contributed by atoms with E-state index in [-0.39, 0.29) is 0 Å². The molecule has 0 unspecified atom stereocenters. The molecule has 0 aromatic carbocycles. The van der Waals surface area contributed by atoms with Crippen LogP contribution in [0.15, 0.2) is 18.7 Å². The van der Waals surface area contributed by atoms with Crippen molar-refractivity contribution in [2.24, 2.45) is 0 Å². The van der Waals surface area contributed by atoms with Crippen molar-refractivity contribution in [3.05, 3.63) is 18.7 Å². The summed E-state index contributed by atoms with van der Waals surface area (Å²) >= 11 is 0. The summed E-state index contributed by atoms with van der Waals surface area (Å²) in [6, 6.07) is 0. The number of carboxylic acids is 1. The highest BCUT2D eigenvalue weighted by molar-refractivity contribution is 5.66. The van der Waals surface area contributed by atoms with Crippen molar-refractivity contribution in [3.8, 4) is 0 Å². The number of hydrogen-bond acceptors (Lipinski definition) is 2. The smallest absolute Gasteiger partial charge is 0.303 e. The summed E-state index contributed by atoms with van der Waals surface area (Å²) < 4.78 is 2.17. The van der Waals surface area contributed by atoms with E-state index in [1.165, 1.54) is 96.3 Å². The van der Waals surface area contributed by atoms with E-state index in [2.05, 4.69) is 9.55 Å². The van der Waals surface area contributed by atoms with Gasteiger partial charge in [0.2, 0.25) is 0 Å². The van der Waals surface area contributed by atoms with Gasteiger partial charge in [0.15, 0.2) is 0 Å². The molecular formula is C23H42N2O2. The van der Waals surface area contributed by atoms with E-state index in [0.29, 0.717) is 6.42 Å². The summed E-state index contributed by atoms with van der Waals surface area (Å²) in [5, 5.41) is 8.58. The SMILES string of the molecule is O=C(O)CCCCCCCCCCCCCCCCCCCn1ccnc1. The summed E-state index contributed by atoms with van der Waals surface area (Å²) in [6.07, 6.45) is 28.5. The fourth-order valence-electron chi connectivity index (χ4n) is 3.64. The topological polar surface area (TPSA) is 55.1 Å². The zero-order valence-corrected chi connectivity index (χ0v) is 17.4. The van der Waals surface area contributed by atoms with Crippen molar-refractivity contribution in [3.63, 3.8) is 0 Å². The van der Waals surface area contributed by atoms with E-state index in [9.17, 15) is 4.79 Å². The van der Waals surface area contributed by atoms with Crippen LogP contribution in [0.3, 0.4) is 0 Å². The first-order chi connectivity index (χ1) is 13.3.